The van der Waals surface area contributed by atoms with Gasteiger partial charge < -0.3 is 10.5 Å². The lowest BCUT2D eigenvalue weighted by Gasteiger charge is -2.07. The van der Waals surface area contributed by atoms with Crippen molar-refractivity contribution in [2.45, 2.75) is 6.92 Å². The largest absolute Gasteiger partial charge is 0.438 e. The molecule has 4 heteroatoms. The number of ether oxygens (including phenoxy) is 1. The highest BCUT2D eigenvalue weighted by Gasteiger charge is 2.05. The first-order chi connectivity index (χ1) is 8.20. The van der Waals surface area contributed by atoms with Gasteiger partial charge in [0.1, 0.15) is 11.8 Å². The maximum atomic E-state index is 8.92. The van der Waals surface area contributed by atoms with E-state index in [0.29, 0.717) is 22.9 Å². The molecule has 0 saturated heterocycles. The Balaban J connectivity index is 2.32. The Morgan fingerprint density at radius 3 is 2.82 bits per heavy atom. The molecule has 0 aliphatic heterocycles. The summed E-state index contributed by atoms with van der Waals surface area (Å²) >= 11 is 0. The zero-order valence-corrected chi connectivity index (χ0v) is 9.34. The first-order valence-electron chi connectivity index (χ1n) is 5.10. The molecule has 0 radical (unpaired) electrons. The molecule has 0 saturated carbocycles. The number of aromatic nitrogens is 1. The Labute approximate surface area is 99.3 Å². The highest BCUT2D eigenvalue weighted by atomic mass is 16.5. The molecule has 1 aromatic heterocycles. The fourth-order valence-electron chi connectivity index (χ4n) is 1.34. The molecule has 0 spiro atoms. The molecule has 0 atom stereocenters. The summed E-state index contributed by atoms with van der Waals surface area (Å²) in [6, 6.07) is 10.7. The standard InChI is InChI=1S/C13H11N3O/c1-9-8-16-13(6-11(9)15)17-12-5-3-2-4-10(12)7-14/h2-6,8H,1H3,(H2,15,16). The quantitative estimate of drug-likeness (QED) is 0.852. The topological polar surface area (TPSA) is 71.9 Å². The average molecular weight is 225 g/mol. The van der Waals surface area contributed by atoms with Crippen molar-refractivity contribution in [2.75, 3.05) is 5.73 Å². The summed E-state index contributed by atoms with van der Waals surface area (Å²) in [6.07, 6.45) is 1.64. The van der Waals surface area contributed by atoms with Crippen LogP contribution in [0.2, 0.25) is 0 Å². The van der Waals surface area contributed by atoms with Crippen molar-refractivity contribution in [1.82, 2.24) is 4.98 Å². The van der Waals surface area contributed by atoms with Crippen LogP contribution in [0.25, 0.3) is 0 Å². The molecule has 1 aromatic carbocycles. The van der Waals surface area contributed by atoms with E-state index in [-0.39, 0.29) is 0 Å². The Hall–Kier alpha value is -2.54. The van der Waals surface area contributed by atoms with Gasteiger partial charge in [0.25, 0.3) is 0 Å². The predicted octanol–water partition coefficient (Wildman–Crippen LogP) is 2.64. The van der Waals surface area contributed by atoms with Gasteiger partial charge in [-0.15, -0.1) is 0 Å². The third kappa shape index (κ3) is 2.34. The molecule has 0 aliphatic carbocycles. The number of aryl methyl sites for hydroxylation is 1. The van der Waals surface area contributed by atoms with Crippen molar-refractivity contribution in [3.63, 3.8) is 0 Å². The van der Waals surface area contributed by atoms with Gasteiger partial charge in [-0.1, -0.05) is 12.1 Å². The molecule has 0 unspecified atom stereocenters. The SMILES string of the molecule is Cc1cnc(Oc2ccccc2C#N)cc1N. The van der Waals surface area contributed by atoms with Crippen LogP contribution >= 0.6 is 0 Å². The number of pyridine rings is 1. The lowest BCUT2D eigenvalue weighted by atomic mass is 10.2. The minimum Gasteiger partial charge on any atom is -0.438 e. The van der Waals surface area contributed by atoms with Crippen molar-refractivity contribution in [1.29, 1.82) is 5.26 Å². The summed E-state index contributed by atoms with van der Waals surface area (Å²) in [5.74, 6) is 0.863. The zero-order valence-electron chi connectivity index (χ0n) is 9.34. The van der Waals surface area contributed by atoms with Gasteiger partial charge >= 0.3 is 0 Å². The summed E-state index contributed by atoms with van der Waals surface area (Å²) in [5.41, 5.74) is 7.74. The van der Waals surface area contributed by atoms with Gasteiger partial charge in [-0.05, 0) is 24.6 Å². The molecule has 2 rings (SSSR count). The average Bonchev–Trinajstić information content (AvgIpc) is 2.34. The summed E-state index contributed by atoms with van der Waals surface area (Å²) in [7, 11) is 0. The Kier molecular flexibility index (Phi) is 2.93. The molecule has 0 aliphatic rings. The minimum atomic E-state index is 0.385. The number of para-hydroxylation sites is 1. The Morgan fingerprint density at radius 2 is 2.12 bits per heavy atom. The fourth-order valence-corrected chi connectivity index (χ4v) is 1.34. The molecule has 84 valence electrons. The van der Waals surface area contributed by atoms with Crippen LogP contribution < -0.4 is 10.5 Å². The third-order valence-corrected chi connectivity index (χ3v) is 2.34. The van der Waals surface area contributed by atoms with Crippen LogP contribution in [0.15, 0.2) is 36.5 Å². The van der Waals surface area contributed by atoms with Crippen molar-refractivity contribution >= 4 is 5.69 Å². The van der Waals surface area contributed by atoms with Gasteiger partial charge in [-0.25, -0.2) is 4.98 Å². The normalized spacial score (nSPS) is 9.65. The van der Waals surface area contributed by atoms with Crippen molar-refractivity contribution in [3.8, 4) is 17.7 Å². The second kappa shape index (κ2) is 4.54. The summed E-state index contributed by atoms with van der Waals surface area (Å²) in [5, 5.41) is 8.92. The maximum absolute atomic E-state index is 8.92. The first-order valence-corrected chi connectivity index (χ1v) is 5.10. The molecule has 2 N–H and O–H groups in total. The van der Waals surface area contributed by atoms with E-state index in [1.54, 1.807) is 36.5 Å². The first kappa shape index (κ1) is 11.0. The van der Waals surface area contributed by atoms with Gasteiger partial charge in [-0.2, -0.15) is 5.26 Å². The molecule has 0 amide bonds. The number of benzene rings is 1. The Bertz CT molecular complexity index is 587. The van der Waals surface area contributed by atoms with Crippen LogP contribution in [0.1, 0.15) is 11.1 Å². The highest BCUT2D eigenvalue weighted by molar-refractivity contribution is 5.49. The second-order valence-electron chi connectivity index (χ2n) is 3.59. The molecule has 0 bridgehead atoms. The number of nitrogens with two attached hydrogens (primary N) is 1. The predicted molar refractivity (Wildman–Crippen MR) is 64.6 cm³/mol. The molecular formula is C13H11N3O. The second-order valence-corrected chi connectivity index (χ2v) is 3.59. The third-order valence-electron chi connectivity index (χ3n) is 2.34. The molecule has 17 heavy (non-hydrogen) atoms. The lowest BCUT2D eigenvalue weighted by Crippen LogP contribution is -1.95. The van der Waals surface area contributed by atoms with E-state index in [0.717, 1.165) is 5.56 Å². The zero-order chi connectivity index (χ0) is 12.3. The highest BCUT2D eigenvalue weighted by Crippen LogP contribution is 2.25. The smallest absolute Gasteiger partial charge is 0.221 e. The lowest BCUT2D eigenvalue weighted by molar-refractivity contribution is 0.461. The van der Waals surface area contributed by atoms with E-state index < -0.39 is 0 Å². The molecular weight excluding hydrogens is 214 g/mol. The van der Waals surface area contributed by atoms with Gasteiger partial charge in [0.2, 0.25) is 5.88 Å². The van der Waals surface area contributed by atoms with E-state index in [4.69, 9.17) is 15.7 Å². The summed E-state index contributed by atoms with van der Waals surface area (Å²) in [6.45, 7) is 1.87. The van der Waals surface area contributed by atoms with Crippen molar-refractivity contribution in [3.05, 3.63) is 47.7 Å². The van der Waals surface area contributed by atoms with E-state index in [2.05, 4.69) is 11.1 Å². The molecule has 0 fully saturated rings. The minimum absolute atomic E-state index is 0.385. The van der Waals surface area contributed by atoms with Gasteiger partial charge in [-0.3, -0.25) is 0 Å². The van der Waals surface area contributed by atoms with Crippen molar-refractivity contribution < 1.29 is 4.74 Å². The van der Waals surface area contributed by atoms with Crippen LogP contribution in [0.4, 0.5) is 5.69 Å². The van der Waals surface area contributed by atoms with Crippen LogP contribution in [-0.4, -0.2) is 4.98 Å². The molecule has 1 heterocycles. The molecule has 2 aromatic rings. The summed E-state index contributed by atoms with van der Waals surface area (Å²) in [4.78, 5) is 4.10. The maximum Gasteiger partial charge on any atom is 0.221 e. The summed E-state index contributed by atoms with van der Waals surface area (Å²) < 4.78 is 5.52. The van der Waals surface area contributed by atoms with Gasteiger partial charge in [0, 0.05) is 18.0 Å². The van der Waals surface area contributed by atoms with E-state index >= 15 is 0 Å². The molecule has 4 nitrogen and oxygen atoms in total. The van der Waals surface area contributed by atoms with Gasteiger partial charge in [0.15, 0.2) is 0 Å². The van der Waals surface area contributed by atoms with Gasteiger partial charge in [0.05, 0.1) is 5.56 Å². The van der Waals surface area contributed by atoms with Crippen LogP contribution in [0.3, 0.4) is 0 Å². The van der Waals surface area contributed by atoms with E-state index in [9.17, 15) is 0 Å². The van der Waals surface area contributed by atoms with E-state index in [1.165, 1.54) is 0 Å². The van der Waals surface area contributed by atoms with Crippen LogP contribution in [0, 0.1) is 18.3 Å². The monoisotopic (exact) mass is 225 g/mol. The fraction of sp³-hybridized carbons (Fsp3) is 0.0769. The van der Waals surface area contributed by atoms with E-state index in [1.807, 2.05) is 6.92 Å². The number of hydrogen-bond donors (Lipinski definition) is 1. The number of anilines is 1. The number of hydrogen-bond acceptors (Lipinski definition) is 4. The number of nitrogen functional groups attached to an aromatic ring is 1. The van der Waals surface area contributed by atoms with Crippen molar-refractivity contribution in [2.24, 2.45) is 0 Å². The van der Waals surface area contributed by atoms with Crippen LogP contribution in [-0.2, 0) is 0 Å². The Morgan fingerprint density at radius 1 is 1.35 bits per heavy atom. The van der Waals surface area contributed by atoms with Crippen LogP contribution in [0.5, 0.6) is 11.6 Å². The number of rotatable bonds is 2. The number of nitriles is 1. The number of nitrogens with zero attached hydrogens (tertiary/aromatic N) is 2.